The van der Waals surface area contributed by atoms with E-state index in [2.05, 4.69) is 20.4 Å². The van der Waals surface area contributed by atoms with Gasteiger partial charge in [0.25, 0.3) is 5.91 Å². The molecule has 1 aliphatic heterocycles. The number of benzene rings is 1. The molecule has 7 nitrogen and oxygen atoms in total. The Morgan fingerprint density at radius 3 is 2.71 bits per heavy atom. The van der Waals surface area contributed by atoms with Gasteiger partial charge in [-0.25, -0.2) is 13.8 Å². The van der Waals surface area contributed by atoms with E-state index in [0.29, 0.717) is 0 Å². The number of rotatable bonds is 4. The molecular formula is C19H16F5N5O2. The molecule has 2 heterocycles. The molecule has 1 amide bonds. The lowest BCUT2D eigenvalue weighted by atomic mass is 9.83. The average molecular weight is 441 g/mol. The monoisotopic (exact) mass is 441 g/mol. The molecule has 0 bridgehead atoms. The minimum Gasteiger partial charge on any atom is -0.337 e. The molecule has 1 aromatic carbocycles. The zero-order chi connectivity index (χ0) is 22.8. The van der Waals surface area contributed by atoms with Crippen LogP contribution in [0.15, 0.2) is 36.5 Å². The van der Waals surface area contributed by atoms with E-state index < -0.39 is 54.6 Å². The molecule has 12 heteroatoms. The number of aromatic nitrogens is 1. The van der Waals surface area contributed by atoms with Crippen LogP contribution in [0.5, 0.6) is 0 Å². The average Bonchev–Trinajstić information content (AvgIpc) is 2.74. The van der Waals surface area contributed by atoms with Crippen LogP contribution in [0.2, 0.25) is 0 Å². The van der Waals surface area contributed by atoms with E-state index in [0.717, 1.165) is 18.2 Å². The van der Waals surface area contributed by atoms with Gasteiger partial charge in [-0.2, -0.15) is 18.4 Å². The summed E-state index contributed by atoms with van der Waals surface area (Å²) in [4.78, 5) is 16.2. The summed E-state index contributed by atoms with van der Waals surface area (Å²) in [7, 11) is 0. The first kappa shape index (κ1) is 22.5. The molecular weight excluding hydrogens is 425 g/mol. The van der Waals surface area contributed by atoms with Crippen molar-refractivity contribution in [1.29, 1.82) is 5.26 Å². The van der Waals surface area contributed by atoms with Crippen LogP contribution in [0.25, 0.3) is 0 Å². The summed E-state index contributed by atoms with van der Waals surface area (Å²) < 4.78 is 72.8. The molecule has 3 rings (SSSR count). The Morgan fingerprint density at radius 2 is 2.13 bits per heavy atom. The standard InChI is InChI=1S/C19H16F5N5O2/c20-9-18(6-15(19(22,23)24)31-17(26)29-18)12-5-11(2-3-13(12)21)28-16(30)14-4-1-10(7-25)8-27-14/h1-5,8,15,17,29H,6,9,26H2,(H,28,30)/t15-,17?,18+/m0/s1. The van der Waals surface area contributed by atoms with Crippen molar-refractivity contribution in [3.8, 4) is 6.07 Å². The van der Waals surface area contributed by atoms with Crippen molar-refractivity contribution in [3.63, 3.8) is 0 Å². The van der Waals surface area contributed by atoms with Gasteiger partial charge >= 0.3 is 6.18 Å². The number of pyridine rings is 1. The number of carbonyl (C=O) groups excluding carboxylic acids is 1. The Morgan fingerprint density at radius 1 is 1.39 bits per heavy atom. The first-order valence-corrected chi connectivity index (χ1v) is 8.87. The maximum Gasteiger partial charge on any atom is 0.414 e. The summed E-state index contributed by atoms with van der Waals surface area (Å²) in [6.45, 7) is -1.41. The van der Waals surface area contributed by atoms with Crippen molar-refractivity contribution in [3.05, 3.63) is 59.2 Å². The molecule has 3 atom stereocenters. The van der Waals surface area contributed by atoms with Gasteiger partial charge in [0.15, 0.2) is 12.5 Å². The van der Waals surface area contributed by atoms with Crippen molar-refractivity contribution in [2.24, 2.45) is 5.73 Å². The fraction of sp³-hybridized carbons (Fsp3) is 0.316. The zero-order valence-corrected chi connectivity index (χ0v) is 15.7. The zero-order valence-electron chi connectivity index (χ0n) is 15.7. The normalized spacial score (nSPS) is 23.8. The highest BCUT2D eigenvalue weighted by Crippen LogP contribution is 2.40. The second-order valence-corrected chi connectivity index (χ2v) is 6.84. The van der Waals surface area contributed by atoms with Gasteiger partial charge in [0, 0.05) is 23.9 Å². The summed E-state index contributed by atoms with van der Waals surface area (Å²) in [5.41, 5.74) is 3.03. The third kappa shape index (κ3) is 4.79. The maximum absolute atomic E-state index is 14.6. The Balaban J connectivity index is 1.91. The highest BCUT2D eigenvalue weighted by Gasteiger charge is 2.52. The van der Waals surface area contributed by atoms with E-state index in [4.69, 9.17) is 11.0 Å². The number of amides is 1. The van der Waals surface area contributed by atoms with Crippen LogP contribution in [-0.4, -0.2) is 36.2 Å². The van der Waals surface area contributed by atoms with Gasteiger partial charge in [0.1, 0.15) is 24.3 Å². The van der Waals surface area contributed by atoms with Gasteiger partial charge in [0.2, 0.25) is 0 Å². The van der Waals surface area contributed by atoms with E-state index in [1.54, 1.807) is 0 Å². The van der Waals surface area contributed by atoms with Crippen LogP contribution in [0.1, 0.15) is 28.0 Å². The first-order chi connectivity index (χ1) is 14.6. The summed E-state index contributed by atoms with van der Waals surface area (Å²) in [5.74, 6) is -1.71. The van der Waals surface area contributed by atoms with Crippen LogP contribution in [0, 0.1) is 17.1 Å². The molecule has 1 saturated heterocycles. The molecule has 0 radical (unpaired) electrons. The van der Waals surface area contributed by atoms with Crippen LogP contribution in [0.3, 0.4) is 0 Å². The molecule has 1 aliphatic rings. The number of halogens is 5. The van der Waals surface area contributed by atoms with Crippen LogP contribution in [0.4, 0.5) is 27.6 Å². The van der Waals surface area contributed by atoms with Crippen molar-refractivity contribution in [2.75, 3.05) is 12.0 Å². The molecule has 164 valence electrons. The topological polar surface area (TPSA) is 113 Å². The van der Waals surface area contributed by atoms with Crippen molar-refractivity contribution in [1.82, 2.24) is 10.3 Å². The van der Waals surface area contributed by atoms with E-state index in [-0.39, 0.29) is 16.9 Å². The number of hydrogen-bond acceptors (Lipinski definition) is 6. The molecule has 1 fully saturated rings. The number of nitrogens with one attached hydrogen (secondary N) is 2. The van der Waals surface area contributed by atoms with Crippen LogP contribution < -0.4 is 16.4 Å². The number of alkyl halides is 4. The summed E-state index contributed by atoms with van der Waals surface area (Å²) in [5, 5.41) is 13.5. The highest BCUT2D eigenvalue weighted by atomic mass is 19.4. The van der Waals surface area contributed by atoms with Crippen LogP contribution in [-0.2, 0) is 10.3 Å². The molecule has 1 unspecified atom stereocenters. The summed E-state index contributed by atoms with van der Waals surface area (Å²) >= 11 is 0. The molecule has 0 aliphatic carbocycles. The van der Waals surface area contributed by atoms with Gasteiger partial charge in [-0.3, -0.25) is 15.8 Å². The van der Waals surface area contributed by atoms with E-state index in [9.17, 15) is 26.7 Å². The number of ether oxygens (including phenoxy) is 1. The maximum atomic E-state index is 14.6. The summed E-state index contributed by atoms with van der Waals surface area (Å²) in [6, 6.07) is 7.56. The Hall–Kier alpha value is -3.14. The largest absolute Gasteiger partial charge is 0.414 e. The fourth-order valence-corrected chi connectivity index (χ4v) is 3.21. The predicted octanol–water partition coefficient (Wildman–Crippen LogP) is 2.69. The number of carbonyl (C=O) groups is 1. The minimum absolute atomic E-state index is 0.00851. The Labute approximate surface area is 173 Å². The lowest BCUT2D eigenvalue weighted by molar-refractivity contribution is -0.262. The van der Waals surface area contributed by atoms with Crippen LogP contribution >= 0.6 is 0 Å². The lowest BCUT2D eigenvalue weighted by Crippen LogP contribution is -2.63. The predicted molar refractivity (Wildman–Crippen MR) is 97.6 cm³/mol. The molecule has 31 heavy (non-hydrogen) atoms. The van der Waals surface area contributed by atoms with Crippen molar-refractivity contribution < 1.29 is 31.5 Å². The smallest absolute Gasteiger partial charge is 0.337 e. The SMILES string of the molecule is N#Cc1ccc(C(=O)Nc2ccc(F)c([C@]3(CF)C[C@@H](C(F)(F)F)OC(N)N3)c2)nc1. The first-order valence-electron chi connectivity index (χ1n) is 8.87. The second kappa shape index (κ2) is 8.54. The molecule has 2 aromatic rings. The van der Waals surface area contributed by atoms with Gasteiger partial charge in [-0.05, 0) is 30.3 Å². The van der Waals surface area contributed by atoms with Gasteiger partial charge in [-0.15, -0.1) is 0 Å². The molecule has 0 saturated carbocycles. The van der Waals surface area contributed by atoms with Gasteiger partial charge in [0.05, 0.1) is 11.1 Å². The third-order valence-electron chi connectivity index (χ3n) is 4.72. The molecule has 4 N–H and O–H groups in total. The van der Waals surface area contributed by atoms with E-state index in [1.165, 1.54) is 18.3 Å². The van der Waals surface area contributed by atoms with Gasteiger partial charge < -0.3 is 10.1 Å². The summed E-state index contributed by atoms with van der Waals surface area (Å²) in [6.07, 6.45) is -8.75. The fourth-order valence-electron chi connectivity index (χ4n) is 3.21. The quantitative estimate of drug-likeness (QED) is 0.629. The molecule has 0 spiro atoms. The number of hydrogen-bond donors (Lipinski definition) is 3. The van der Waals surface area contributed by atoms with E-state index >= 15 is 0 Å². The Kier molecular flexibility index (Phi) is 6.21. The van der Waals surface area contributed by atoms with Crippen molar-refractivity contribution in [2.45, 2.75) is 30.6 Å². The molecule has 1 aromatic heterocycles. The number of nitrogens with zero attached hydrogens (tertiary/aromatic N) is 2. The Bertz CT molecular complexity index is 1010. The minimum atomic E-state index is -4.84. The van der Waals surface area contributed by atoms with E-state index in [1.807, 2.05) is 6.07 Å². The number of anilines is 1. The third-order valence-corrected chi connectivity index (χ3v) is 4.72. The highest BCUT2D eigenvalue weighted by molar-refractivity contribution is 6.02. The van der Waals surface area contributed by atoms with Crippen molar-refractivity contribution >= 4 is 11.6 Å². The number of nitriles is 1. The lowest BCUT2D eigenvalue weighted by Gasteiger charge is -2.43. The number of nitrogens with two attached hydrogens (primary N) is 1. The second-order valence-electron chi connectivity index (χ2n) is 6.84. The van der Waals surface area contributed by atoms with Gasteiger partial charge in [-0.1, -0.05) is 0 Å².